The van der Waals surface area contributed by atoms with Gasteiger partial charge in [-0.25, -0.2) is 4.98 Å². The summed E-state index contributed by atoms with van der Waals surface area (Å²) in [6, 6.07) is 60.3. The Bertz CT molecular complexity index is 2900. The molecule has 0 bridgehead atoms. The predicted octanol–water partition coefficient (Wildman–Crippen LogP) is 12.1. The zero-order valence-electron chi connectivity index (χ0n) is 28.6. The Morgan fingerprint density at radius 1 is 0.462 bits per heavy atom. The van der Waals surface area contributed by atoms with Crippen molar-refractivity contribution in [2.45, 2.75) is 6.92 Å². The first-order valence-corrected chi connectivity index (χ1v) is 17.6. The van der Waals surface area contributed by atoms with Gasteiger partial charge in [0.2, 0.25) is 0 Å². The number of fused-ring (bicyclic) bond motifs is 7. The third kappa shape index (κ3) is 4.78. The molecule has 5 heteroatoms. The van der Waals surface area contributed by atoms with Gasteiger partial charge >= 0.3 is 0 Å². The fourth-order valence-corrected chi connectivity index (χ4v) is 7.75. The molecule has 0 saturated carbocycles. The summed E-state index contributed by atoms with van der Waals surface area (Å²) in [4.78, 5) is 12.1. The molecule has 0 N–H and O–H groups in total. The Hall–Kier alpha value is -6.98. The van der Waals surface area contributed by atoms with Crippen LogP contribution in [0.15, 0.2) is 182 Å². The normalized spacial score (nSPS) is 11.6. The number of aromatic nitrogens is 4. The number of aryl methyl sites for hydroxylation is 1. The maximum Gasteiger partial charge on any atom is 0.145 e. The van der Waals surface area contributed by atoms with E-state index in [1.807, 2.05) is 18.5 Å². The molecule has 4 heterocycles. The quantitative estimate of drug-likeness (QED) is 0.177. The summed E-state index contributed by atoms with van der Waals surface area (Å²) in [5.74, 6) is 0. The molecule has 0 amide bonds. The van der Waals surface area contributed by atoms with E-state index in [0.717, 1.165) is 61.8 Å². The third-order valence-electron chi connectivity index (χ3n) is 10.0. The van der Waals surface area contributed by atoms with Crippen molar-refractivity contribution >= 4 is 60.8 Å². The average molecular weight is 668 g/mol. The zero-order chi connectivity index (χ0) is 34.6. The summed E-state index contributed by atoms with van der Waals surface area (Å²) in [6.07, 6.45) is 3.82. The van der Waals surface area contributed by atoms with Crippen LogP contribution in [0.2, 0.25) is 0 Å². The SMILES string of the molecule is Cc1ccc(-c2cccc(N(c3ccccc3)c3cccc(-n4c5ccc6c(c7ccccc7n6-c6ccccc6)c5c5cccnc54)c3)c2)nc1. The van der Waals surface area contributed by atoms with E-state index in [1.54, 1.807) is 0 Å². The molecule has 0 radical (unpaired) electrons. The summed E-state index contributed by atoms with van der Waals surface area (Å²) < 4.78 is 4.69. The van der Waals surface area contributed by atoms with Gasteiger partial charge in [-0.2, -0.15) is 0 Å². The van der Waals surface area contributed by atoms with Crippen LogP contribution in [-0.2, 0) is 0 Å². The van der Waals surface area contributed by atoms with Gasteiger partial charge < -0.3 is 9.47 Å². The summed E-state index contributed by atoms with van der Waals surface area (Å²) >= 11 is 0. The van der Waals surface area contributed by atoms with Crippen LogP contribution in [0, 0.1) is 6.92 Å². The minimum atomic E-state index is 0.928. The standard InChI is InChI=1S/C47H33N5/c1-32-24-25-41(49-31-32)33-13-10-18-36(29-33)50(34-14-4-2-5-15-34)37-19-11-20-38(30-37)52-44-27-26-43-45(46(44)40-22-12-28-48-47(40)52)39-21-8-9-23-42(39)51(43)35-16-6-3-7-17-35/h2-31H,1H3. The Labute approximate surface area is 301 Å². The van der Waals surface area contributed by atoms with E-state index in [0.29, 0.717) is 0 Å². The van der Waals surface area contributed by atoms with Crippen molar-refractivity contribution in [1.29, 1.82) is 0 Å². The van der Waals surface area contributed by atoms with E-state index < -0.39 is 0 Å². The number of anilines is 3. The number of para-hydroxylation sites is 3. The highest BCUT2D eigenvalue weighted by Gasteiger charge is 2.22. The predicted molar refractivity (Wildman–Crippen MR) is 216 cm³/mol. The number of hydrogen-bond donors (Lipinski definition) is 0. The van der Waals surface area contributed by atoms with Crippen LogP contribution in [0.3, 0.4) is 0 Å². The van der Waals surface area contributed by atoms with E-state index >= 15 is 0 Å². The minimum absolute atomic E-state index is 0.928. The molecule has 0 aliphatic heterocycles. The Kier molecular flexibility index (Phi) is 6.96. The van der Waals surface area contributed by atoms with Gasteiger partial charge in [0.05, 0.1) is 22.2 Å². The van der Waals surface area contributed by atoms with Crippen molar-refractivity contribution < 1.29 is 0 Å². The second-order valence-corrected chi connectivity index (χ2v) is 13.2. The molecule has 10 rings (SSSR count). The van der Waals surface area contributed by atoms with Crippen molar-refractivity contribution in [2.75, 3.05) is 4.90 Å². The molecule has 0 unspecified atom stereocenters. The van der Waals surface area contributed by atoms with Gasteiger partial charge in [0.25, 0.3) is 0 Å². The van der Waals surface area contributed by atoms with Crippen LogP contribution in [0.1, 0.15) is 5.56 Å². The van der Waals surface area contributed by atoms with Gasteiger partial charge in [0.15, 0.2) is 0 Å². The third-order valence-corrected chi connectivity index (χ3v) is 10.0. The molecule has 0 fully saturated rings. The first-order chi connectivity index (χ1) is 25.7. The Morgan fingerprint density at radius 2 is 1.12 bits per heavy atom. The van der Waals surface area contributed by atoms with Gasteiger partial charge in [-0.15, -0.1) is 0 Å². The molecule has 5 nitrogen and oxygen atoms in total. The van der Waals surface area contributed by atoms with Crippen LogP contribution in [0.4, 0.5) is 17.1 Å². The zero-order valence-corrected chi connectivity index (χ0v) is 28.6. The summed E-state index contributed by atoms with van der Waals surface area (Å²) in [7, 11) is 0. The minimum Gasteiger partial charge on any atom is -0.310 e. The molecule has 10 aromatic rings. The lowest BCUT2D eigenvalue weighted by Gasteiger charge is -2.26. The van der Waals surface area contributed by atoms with Crippen molar-refractivity contribution in [3.63, 3.8) is 0 Å². The number of nitrogens with zero attached hydrogens (tertiary/aromatic N) is 5. The first-order valence-electron chi connectivity index (χ1n) is 17.6. The topological polar surface area (TPSA) is 38.9 Å². The van der Waals surface area contributed by atoms with Crippen LogP contribution in [-0.4, -0.2) is 19.1 Å². The van der Waals surface area contributed by atoms with Gasteiger partial charge in [-0.05, 0) is 103 Å². The van der Waals surface area contributed by atoms with Crippen LogP contribution >= 0.6 is 0 Å². The molecule has 0 spiro atoms. The van der Waals surface area contributed by atoms with E-state index in [1.165, 1.54) is 27.2 Å². The summed E-state index contributed by atoms with van der Waals surface area (Å²) in [5, 5.41) is 4.79. The van der Waals surface area contributed by atoms with Crippen LogP contribution < -0.4 is 4.90 Å². The lowest BCUT2D eigenvalue weighted by Crippen LogP contribution is -2.10. The van der Waals surface area contributed by atoms with Crippen LogP contribution in [0.5, 0.6) is 0 Å². The van der Waals surface area contributed by atoms with Crippen molar-refractivity contribution in [3.8, 4) is 22.6 Å². The summed E-state index contributed by atoms with van der Waals surface area (Å²) in [6.45, 7) is 2.07. The largest absolute Gasteiger partial charge is 0.310 e. The lowest BCUT2D eigenvalue weighted by molar-refractivity contribution is 1.13. The highest BCUT2D eigenvalue weighted by Crippen LogP contribution is 2.43. The van der Waals surface area contributed by atoms with Crippen molar-refractivity contribution in [2.24, 2.45) is 0 Å². The monoisotopic (exact) mass is 667 g/mol. The lowest BCUT2D eigenvalue weighted by atomic mass is 10.1. The van der Waals surface area contributed by atoms with Gasteiger partial charge in [0, 0.05) is 67.9 Å². The van der Waals surface area contributed by atoms with Gasteiger partial charge in [-0.1, -0.05) is 78.9 Å². The highest BCUT2D eigenvalue weighted by molar-refractivity contribution is 6.28. The molecule has 6 aromatic carbocycles. The Balaban J connectivity index is 1.20. The molecule has 0 aliphatic rings. The number of benzene rings is 6. The maximum absolute atomic E-state index is 5.02. The van der Waals surface area contributed by atoms with Gasteiger partial charge in [-0.3, -0.25) is 9.55 Å². The molecule has 246 valence electrons. The molecule has 0 saturated heterocycles. The number of pyridine rings is 2. The van der Waals surface area contributed by atoms with E-state index in [2.05, 4.69) is 185 Å². The second-order valence-electron chi connectivity index (χ2n) is 13.2. The molecule has 0 aliphatic carbocycles. The maximum atomic E-state index is 5.02. The fraction of sp³-hybridized carbons (Fsp3) is 0.0213. The molecule has 52 heavy (non-hydrogen) atoms. The molecule has 4 aromatic heterocycles. The van der Waals surface area contributed by atoms with Crippen LogP contribution in [0.25, 0.3) is 66.4 Å². The fourth-order valence-electron chi connectivity index (χ4n) is 7.75. The average Bonchev–Trinajstić information content (AvgIpc) is 3.72. The Morgan fingerprint density at radius 3 is 1.92 bits per heavy atom. The second kappa shape index (κ2) is 12.1. The first kappa shape index (κ1) is 29.9. The molecular formula is C47H33N5. The molecule has 0 atom stereocenters. The van der Waals surface area contributed by atoms with Gasteiger partial charge in [0.1, 0.15) is 5.65 Å². The van der Waals surface area contributed by atoms with E-state index in [4.69, 9.17) is 9.97 Å². The van der Waals surface area contributed by atoms with Crippen molar-refractivity contribution in [3.05, 3.63) is 188 Å². The number of hydrogen-bond acceptors (Lipinski definition) is 3. The van der Waals surface area contributed by atoms with Crippen molar-refractivity contribution in [1.82, 2.24) is 19.1 Å². The van der Waals surface area contributed by atoms with E-state index in [-0.39, 0.29) is 0 Å². The molecular weight excluding hydrogens is 635 g/mol. The summed E-state index contributed by atoms with van der Waals surface area (Å²) in [5.41, 5.74) is 12.9. The number of rotatable bonds is 6. The smallest absolute Gasteiger partial charge is 0.145 e. The highest BCUT2D eigenvalue weighted by atomic mass is 15.1. The van der Waals surface area contributed by atoms with E-state index in [9.17, 15) is 0 Å².